The third-order valence-corrected chi connectivity index (χ3v) is 2.52. The molecule has 0 bridgehead atoms. The highest BCUT2D eigenvalue weighted by molar-refractivity contribution is 5.80. The summed E-state index contributed by atoms with van der Waals surface area (Å²) in [5.74, 6) is -1.05. The van der Waals surface area contributed by atoms with Crippen molar-refractivity contribution >= 4 is 12.0 Å². The fraction of sp³-hybridized carbons (Fsp3) is 0.833. The molecule has 0 rings (SSSR count). The lowest BCUT2D eigenvalue weighted by atomic mass is 10.1. The van der Waals surface area contributed by atoms with Crippen LogP contribution >= 0.6 is 0 Å². The van der Waals surface area contributed by atoms with Crippen LogP contribution in [0, 0.1) is 0 Å². The highest BCUT2D eigenvalue weighted by atomic mass is 16.5. The second-order valence-corrected chi connectivity index (χ2v) is 5.15. The number of carboxylic acids is 1. The van der Waals surface area contributed by atoms with E-state index in [1.807, 2.05) is 0 Å². The molecule has 0 saturated heterocycles. The minimum atomic E-state index is -1.05. The van der Waals surface area contributed by atoms with E-state index in [0.717, 1.165) is 0 Å². The zero-order valence-electron chi connectivity index (χ0n) is 12.2. The second kappa shape index (κ2) is 7.96. The molecule has 0 aromatic carbocycles. The van der Waals surface area contributed by atoms with Crippen LogP contribution in [0.5, 0.6) is 0 Å². The largest absolute Gasteiger partial charge is 0.480 e. The number of carbonyl (C=O) groups excluding carboxylic acids is 1. The summed E-state index contributed by atoms with van der Waals surface area (Å²) < 4.78 is 10.0. The summed E-state index contributed by atoms with van der Waals surface area (Å²) in [5, 5.41) is 11.5. The molecule has 0 radical (unpaired) electrons. The minimum absolute atomic E-state index is 0.259. The number of carboxylic acid groups (broad SMARTS) is 1. The van der Waals surface area contributed by atoms with Gasteiger partial charge in [0.05, 0.1) is 12.7 Å². The van der Waals surface area contributed by atoms with Crippen molar-refractivity contribution in [3.05, 3.63) is 0 Å². The molecule has 0 aliphatic rings. The number of ether oxygens (including phenoxy) is 2. The molecule has 0 aromatic heterocycles. The fourth-order valence-corrected chi connectivity index (χ4v) is 1.44. The monoisotopic (exact) mass is 276 g/mol. The van der Waals surface area contributed by atoms with E-state index in [-0.39, 0.29) is 19.2 Å². The molecule has 19 heavy (non-hydrogen) atoms. The van der Waals surface area contributed by atoms with Crippen molar-refractivity contribution < 1.29 is 24.2 Å². The highest BCUT2D eigenvalue weighted by Crippen LogP contribution is 2.12. The Balaban J connectivity index is 4.52. The smallest absolute Gasteiger partial charge is 0.323 e. The Morgan fingerprint density at radius 2 is 1.89 bits per heavy atom. The van der Waals surface area contributed by atoms with Gasteiger partial charge in [-0.1, -0.05) is 0 Å². The molecule has 0 aliphatic heterocycles. The van der Waals surface area contributed by atoms with Gasteiger partial charge in [-0.15, -0.1) is 0 Å². The summed E-state index contributed by atoms with van der Waals surface area (Å²) in [6, 6.07) is -0.437. The Morgan fingerprint density at radius 1 is 1.32 bits per heavy atom. The maximum absolute atomic E-state index is 12.0. The lowest BCUT2D eigenvalue weighted by Crippen LogP contribution is -2.53. The first kappa shape index (κ1) is 17.7. The van der Waals surface area contributed by atoms with Crippen LogP contribution in [0.1, 0.15) is 20.8 Å². The van der Waals surface area contributed by atoms with Gasteiger partial charge < -0.3 is 24.8 Å². The normalized spacial score (nSPS) is 12.9. The third kappa shape index (κ3) is 6.97. The minimum Gasteiger partial charge on any atom is -0.480 e. The first-order chi connectivity index (χ1) is 8.72. The summed E-state index contributed by atoms with van der Waals surface area (Å²) in [7, 11) is 3.06. The molecule has 7 heteroatoms. The lowest BCUT2D eigenvalue weighted by Gasteiger charge is -2.34. The highest BCUT2D eigenvalue weighted by Gasteiger charge is 2.28. The first-order valence-electron chi connectivity index (χ1n) is 6.01. The van der Waals surface area contributed by atoms with Crippen LogP contribution in [0.2, 0.25) is 0 Å². The Bertz CT molecular complexity index is 301. The fourth-order valence-electron chi connectivity index (χ4n) is 1.44. The van der Waals surface area contributed by atoms with Gasteiger partial charge in [-0.05, 0) is 20.8 Å². The Morgan fingerprint density at radius 3 is 2.26 bits per heavy atom. The maximum Gasteiger partial charge on any atom is 0.323 e. The average molecular weight is 276 g/mol. The van der Waals surface area contributed by atoms with E-state index in [0.29, 0.717) is 6.61 Å². The van der Waals surface area contributed by atoms with Crippen molar-refractivity contribution in [1.29, 1.82) is 0 Å². The van der Waals surface area contributed by atoms with Crippen LogP contribution in [-0.4, -0.2) is 67.6 Å². The van der Waals surface area contributed by atoms with Gasteiger partial charge in [-0.25, -0.2) is 4.79 Å². The molecule has 112 valence electrons. The average Bonchev–Trinajstić information content (AvgIpc) is 2.29. The number of nitrogens with one attached hydrogen (secondary N) is 1. The van der Waals surface area contributed by atoms with E-state index >= 15 is 0 Å². The summed E-state index contributed by atoms with van der Waals surface area (Å²) in [6.07, 6.45) is -0.263. The zero-order valence-corrected chi connectivity index (χ0v) is 12.2. The number of aliphatic carboxylic acids is 1. The van der Waals surface area contributed by atoms with Crippen molar-refractivity contribution in [3.63, 3.8) is 0 Å². The van der Waals surface area contributed by atoms with Gasteiger partial charge in [-0.3, -0.25) is 4.79 Å². The lowest BCUT2D eigenvalue weighted by molar-refractivity contribution is -0.138. The molecule has 1 atom stereocenters. The van der Waals surface area contributed by atoms with Gasteiger partial charge in [0.25, 0.3) is 0 Å². The molecule has 2 N–H and O–H groups in total. The number of rotatable bonds is 7. The van der Waals surface area contributed by atoms with E-state index in [1.54, 1.807) is 27.9 Å². The number of carbonyl (C=O) groups is 2. The van der Waals surface area contributed by atoms with Crippen LogP contribution in [0.3, 0.4) is 0 Å². The van der Waals surface area contributed by atoms with E-state index in [4.69, 9.17) is 14.6 Å². The quantitative estimate of drug-likeness (QED) is 0.708. The van der Waals surface area contributed by atoms with Crippen molar-refractivity contribution in [3.8, 4) is 0 Å². The topological polar surface area (TPSA) is 88.1 Å². The van der Waals surface area contributed by atoms with Crippen LogP contribution < -0.4 is 5.32 Å². The van der Waals surface area contributed by atoms with Crippen molar-refractivity contribution in [2.75, 3.05) is 33.9 Å². The first-order valence-corrected chi connectivity index (χ1v) is 6.01. The predicted molar refractivity (Wildman–Crippen MR) is 70.2 cm³/mol. The number of hydrogen-bond acceptors (Lipinski definition) is 4. The van der Waals surface area contributed by atoms with Crippen LogP contribution in [0.15, 0.2) is 0 Å². The Hall–Kier alpha value is -1.34. The molecule has 1 unspecified atom stereocenters. The van der Waals surface area contributed by atoms with Crippen LogP contribution in [0.25, 0.3) is 0 Å². The molecule has 2 amide bonds. The molecule has 0 spiro atoms. The second-order valence-electron chi connectivity index (χ2n) is 5.15. The molecule has 0 fully saturated rings. The van der Waals surface area contributed by atoms with Gasteiger partial charge in [-0.2, -0.15) is 0 Å². The van der Waals surface area contributed by atoms with E-state index < -0.39 is 17.5 Å². The van der Waals surface area contributed by atoms with Gasteiger partial charge in [0.1, 0.15) is 6.54 Å². The molecular weight excluding hydrogens is 252 g/mol. The standard InChI is InChI=1S/C12H24N2O5/c1-12(2,3)14(7-10(15)16)11(17)13-6-9(19-5)8-18-4/h9H,6-8H2,1-5H3,(H,13,17)(H,15,16). The third-order valence-electron chi connectivity index (χ3n) is 2.52. The number of urea groups is 1. The van der Waals surface area contributed by atoms with Gasteiger partial charge in [0.2, 0.25) is 0 Å². The number of amides is 2. The van der Waals surface area contributed by atoms with Gasteiger partial charge in [0.15, 0.2) is 0 Å². The SMILES string of the molecule is COCC(CNC(=O)N(CC(=O)O)C(C)(C)C)OC. The van der Waals surface area contributed by atoms with E-state index in [9.17, 15) is 9.59 Å². The molecule has 0 saturated carbocycles. The summed E-state index contributed by atoms with van der Waals surface area (Å²) >= 11 is 0. The van der Waals surface area contributed by atoms with Gasteiger partial charge in [0, 0.05) is 26.3 Å². The summed E-state index contributed by atoms with van der Waals surface area (Å²) in [5.41, 5.74) is -0.577. The maximum atomic E-state index is 12.0. The number of hydrogen-bond donors (Lipinski definition) is 2. The van der Waals surface area contributed by atoms with Crippen molar-refractivity contribution in [2.45, 2.75) is 32.4 Å². The van der Waals surface area contributed by atoms with Crippen LogP contribution in [-0.2, 0) is 14.3 Å². The summed E-state index contributed by atoms with van der Waals surface area (Å²) in [6.45, 7) is 5.59. The molecule has 0 aliphatic carbocycles. The Labute approximate surface area is 113 Å². The predicted octanol–water partition coefficient (Wildman–Crippen LogP) is 0.543. The zero-order chi connectivity index (χ0) is 15.1. The van der Waals surface area contributed by atoms with Crippen molar-refractivity contribution in [1.82, 2.24) is 10.2 Å². The van der Waals surface area contributed by atoms with E-state index in [1.165, 1.54) is 12.0 Å². The molecule has 0 heterocycles. The van der Waals surface area contributed by atoms with Crippen molar-refractivity contribution in [2.24, 2.45) is 0 Å². The molecule has 7 nitrogen and oxygen atoms in total. The Kier molecular flexibility index (Phi) is 7.40. The number of methoxy groups -OCH3 is 2. The molecule has 0 aromatic rings. The van der Waals surface area contributed by atoms with Crippen LogP contribution in [0.4, 0.5) is 4.79 Å². The van der Waals surface area contributed by atoms with E-state index in [2.05, 4.69) is 5.32 Å². The molecular formula is C12H24N2O5. The number of nitrogens with zero attached hydrogens (tertiary/aromatic N) is 1. The summed E-state index contributed by atoms with van der Waals surface area (Å²) in [4.78, 5) is 24.1. The van der Waals surface area contributed by atoms with Gasteiger partial charge >= 0.3 is 12.0 Å².